The van der Waals surface area contributed by atoms with Crippen LogP contribution in [0.5, 0.6) is 0 Å². The average Bonchev–Trinajstić information content (AvgIpc) is 3.03. The number of benzene rings is 1. The number of aromatic nitrogens is 2. The number of carbonyl (C=O) groups is 1. The highest BCUT2D eigenvalue weighted by molar-refractivity contribution is 9.10. The third-order valence-corrected chi connectivity index (χ3v) is 5.68. The summed E-state index contributed by atoms with van der Waals surface area (Å²) in [5.41, 5.74) is 4.60. The van der Waals surface area contributed by atoms with E-state index in [1.807, 2.05) is 31.5 Å². The summed E-state index contributed by atoms with van der Waals surface area (Å²) < 4.78 is 7.95. The van der Waals surface area contributed by atoms with Gasteiger partial charge in [0, 0.05) is 34.5 Å². The zero-order valence-corrected chi connectivity index (χ0v) is 18.6. The molecule has 0 spiro atoms. The van der Waals surface area contributed by atoms with Crippen LogP contribution in [0, 0.1) is 6.92 Å². The van der Waals surface area contributed by atoms with Gasteiger partial charge in [0.1, 0.15) is 11.9 Å². The van der Waals surface area contributed by atoms with Crippen molar-refractivity contribution in [2.24, 2.45) is 9.98 Å². The van der Waals surface area contributed by atoms with Crippen molar-refractivity contribution in [1.82, 2.24) is 9.55 Å². The van der Waals surface area contributed by atoms with Gasteiger partial charge in [-0.25, -0.2) is 4.98 Å². The first-order valence-corrected chi connectivity index (χ1v) is 10.8. The van der Waals surface area contributed by atoms with Gasteiger partial charge in [-0.3, -0.25) is 19.3 Å². The van der Waals surface area contributed by atoms with Gasteiger partial charge < -0.3 is 4.74 Å². The number of ether oxygens (including phenoxy) is 1. The average molecular weight is 467 g/mol. The van der Waals surface area contributed by atoms with Crippen molar-refractivity contribution >= 4 is 33.3 Å². The second kappa shape index (κ2) is 8.92. The van der Waals surface area contributed by atoms with Crippen LogP contribution in [0.3, 0.4) is 0 Å². The molecule has 6 nitrogen and oxygen atoms in total. The Bertz CT molecular complexity index is 1090. The lowest BCUT2D eigenvalue weighted by molar-refractivity contribution is -0.140. The van der Waals surface area contributed by atoms with Crippen LogP contribution in [-0.2, 0) is 9.53 Å². The van der Waals surface area contributed by atoms with E-state index in [4.69, 9.17) is 9.73 Å². The van der Waals surface area contributed by atoms with Gasteiger partial charge in [0.15, 0.2) is 0 Å². The van der Waals surface area contributed by atoms with Gasteiger partial charge in [-0.15, -0.1) is 0 Å². The van der Waals surface area contributed by atoms with Gasteiger partial charge in [-0.1, -0.05) is 28.1 Å². The molecular formula is C23H23BrN4O2. The number of halogens is 1. The number of hydrogen-bond acceptors (Lipinski definition) is 5. The molecule has 1 aromatic carbocycles. The maximum Gasteiger partial charge on any atom is 0.305 e. The van der Waals surface area contributed by atoms with Crippen LogP contribution in [0.1, 0.15) is 48.8 Å². The van der Waals surface area contributed by atoms with E-state index in [0.29, 0.717) is 6.42 Å². The lowest BCUT2D eigenvalue weighted by Gasteiger charge is -2.14. The van der Waals surface area contributed by atoms with E-state index in [-0.39, 0.29) is 18.4 Å². The highest BCUT2D eigenvalue weighted by Gasteiger charge is 2.28. The van der Waals surface area contributed by atoms with Crippen LogP contribution in [0.4, 0.5) is 0 Å². The summed E-state index contributed by atoms with van der Waals surface area (Å²) in [4.78, 5) is 26.3. The van der Waals surface area contributed by atoms with E-state index < -0.39 is 0 Å². The summed E-state index contributed by atoms with van der Waals surface area (Å²) in [6.07, 6.45) is 12.6. The summed E-state index contributed by atoms with van der Waals surface area (Å²) in [5, 5.41) is 0. The van der Waals surface area contributed by atoms with E-state index in [2.05, 4.69) is 54.8 Å². The third kappa shape index (κ3) is 4.07. The lowest BCUT2D eigenvalue weighted by Crippen LogP contribution is -2.16. The standard InChI is InChI=1S/C23H23BrN4O2/c1-15-14-26-23-19(9-11-21(29)30-2)27-22(18-7-5-3-4-6-12-25-18)17-13-16(24)8-10-20(17)28(15)23/h5-8,10,12-14,19H,3-4,9,11H2,1-2H3/b7-5-,12-6?,25-18+/t19-/m0/s1. The molecule has 7 heteroatoms. The first-order valence-electron chi connectivity index (χ1n) is 9.97. The van der Waals surface area contributed by atoms with E-state index in [9.17, 15) is 4.79 Å². The highest BCUT2D eigenvalue weighted by Crippen LogP contribution is 2.34. The zero-order valence-electron chi connectivity index (χ0n) is 17.0. The Morgan fingerprint density at radius 2 is 2.13 bits per heavy atom. The first-order chi connectivity index (χ1) is 14.6. The number of aryl methyl sites for hydroxylation is 1. The summed E-state index contributed by atoms with van der Waals surface area (Å²) in [6, 6.07) is 5.87. The van der Waals surface area contributed by atoms with Crippen molar-refractivity contribution in [3.05, 3.63) is 70.4 Å². The van der Waals surface area contributed by atoms with Crippen molar-refractivity contribution in [2.45, 2.75) is 38.6 Å². The Hall–Kier alpha value is -2.80. The second-order valence-corrected chi connectivity index (χ2v) is 8.16. The molecule has 4 rings (SSSR count). The second-order valence-electron chi connectivity index (χ2n) is 7.24. The van der Waals surface area contributed by atoms with Gasteiger partial charge >= 0.3 is 5.97 Å². The molecule has 0 saturated carbocycles. The molecule has 2 aliphatic heterocycles. The zero-order chi connectivity index (χ0) is 21.1. The quantitative estimate of drug-likeness (QED) is 0.592. The molecule has 0 radical (unpaired) electrons. The number of rotatable bonds is 4. The van der Waals surface area contributed by atoms with E-state index in [1.165, 1.54) is 7.11 Å². The Kier molecular flexibility index (Phi) is 6.08. The predicted molar refractivity (Wildman–Crippen MR) is 121 cm³/mol. The van der Waals surface area contributed by atoms with Gasteiger partial charge in [-0.05, 0) is 50.5 Å². The van der Waals surface area contributed by atoms with Crippen LogP contribution >= 0.6 is 15.9 Å². The lowest BCUT2D eigenvalue weighted by atomic mass is 10.0. The summed E-state index contributed by atoms with van der Waals surface area (Å²) in [7, 11) is 1.41. The van der Waals surface area contributed by atoms with Crippen molar-refractivity contribution in [3.8, 4) is 5.69 Å². The Morgan fingerprint density at radius 1 is 1.30 bits per heavy atom. The van der Waals surface area contributed by atoms with Gasteiger partial charge in [0.25, 0.3) is 0 Å². The van der Waals surface area contributed by atoms with E-state index in [1.54, 1.807) is 0 Å². The molecule has 0 saturated heterocycles. The van der Waals surface area contributed by atoms with Crippen LogP contribution < -0.4 is 0 Å². The number of carbonyl (C=O) groups excluding carboxylic acids is 1. The topological polar surface area (TPSA) is 68.8 Å². The minimum absolute atomic E-state index is 0.253. The van der Waals surface area contributed by atoms with Crippen LogP contribution in [0.15, 0.2) is 63.3 Å². The maximum atomic E-state index is 11.8. The molecule has 0 N–H and O–H groups in total. The molecule has 154 valence electrons. The Balaban J connectivity index is 1.91. The normalized spacial score (nSPS) is 20.6. The highest BCUT2D eigenvalue weighted by atomic mass is 79.9. The molecule has 1 atom stereocenters. The van der Waals surface area contributed by atoms with Crippen molar-refractivity contribution < 1.29 is 9.53 Å². The SMILES string of the molecule is COC(=O)CC[C@@H]1N=C(C2=N/C=CCC/C=C\2)c2cc(Br)ccc2-n2c(C)cnc21. The van der Waals surface area contributed by atoms with Crippen molar-refractivity contribution in [3.63, 3.8) is 0 Å². The van der Waals surface area contributed by atoms with Gasteiger partial charge in [-0.2, -0.15) is 0 Å². The molecule has 3 heterocycles. The Morgan fingerprint density at radius 3 is 2.97 bits per heavy atom. The molecule has 2 aromatic rings. The molecule has 0 unspecified atom stereocenters. The smallest absolute Gasteiger partial charge is 0.305 e. The number of imidazole rings is 1. The molecule has 2 aliphatic rings. The van der Waals surface area contributed by atoms with Crippen molar-refractivity contribution in [2.75, 3.05) is 7.11 Å². The number of allylic oxidation sites excluding steroid dienone is 3. The number of methoxy groups -OCH3 is 1. The Labute approximate surface area is 184 Å². The number of fused-ring (bicyclic) bond motifs is 3. The molecule has 0 amide bonds. The van der Waals surface area contributed by atoms with E-state index >= 15 is 0 Å². The first kappa shape index (κ1) is 20.5. The van der Waals surface area contributed by atoms with Crippen LogP contribution in [-0.4, -0.2) is 34.1 Å². The van der Waals surface area contributed by atoms with Gasteiger partial charge in [0.05, 0.1) is 24.2 Å². The largest absolute Gasteiger partial charge is 0.469 e. The van der Waals surface area contributed by atoms with Crippen LogP contribution in [0.2, 0.25) is 0 Å². The summed E-state index contributed by atoms with van der Waals surface area (Å²) in [6.45, 7) is 2.03. The molecular weight excluding hydrogens is 444 g/mol. The molecule has 30 heavy (non-hydrogen) atoms. The van der Waals surface area contributed by atoms with Gasteiger partial charge in [0.2, 0.25) is 0 Å². The third-order valence-electron chi connectivity index (χ3n) is 5.19. The number of esters is 1. The summed E-state index contributed by atoms with van der Waals surface area (Å²) >= 11 is 3.61. The predicted octanol–water partition coefficient (Wildman–Crippen LogP) is 5.04. The molecule has 1 aromatic heterocycles. The van der Waals surface area contributed by atoms with Crippen molar-refractivity contribution in [1.29, 1.82) is 0 Å². The molecule has 0 fully saturated rings. The maximum absolute atomic E-state index is 11.8. The molecule has 0 bridgehead atoms. The monoisotopic (exact) mass is 466 g/mol. The number of nitrogens with zero attached hydrogens (tertiary/aromatic N) is 4. The fraction of sp³-hybridized carbons (Fsp3) is 0.304. The molecule has 0 aliphatic carbocycles. The fourth-order valence-electron chi connectivity index (χ4n) is 3.71. The summed E-state index contributed by atoms with van der Waals surface area (Å²) in [5.74, 6) is 0.568. The minimum Gasteiger partial charge on any atom is -0.469 e. The number of hydrogen-bond donors (Lipinski definition) is 0. The van der Waals surface area contributed by atoms with Crippen LogP contribution in [0.25, 0.3) is 5.69 Å². The number of aliphatic imine (C=N–C) groups is 2. The fourth-order valence-corrected chi connectivity index (χ4v) is 4.07. The minimum atomic E-state index is -0.288. The van der Waals surface area contributed by atoms with E-state index in [0.717, 1.165) is 51.5 Å².